The number of hydrogen-bond donors (Lipinski definition) is 3. The maximum atomic E-state index is 14.1. The van der Waals surface area contributed by atoms with Gasteiger partial charge in [-0.25, -0.2) is 9.18 Å². The molecule has 19 heavy (non-hydrogen) atoms. The van der Waals surface area contributed by atoms with Crippen LogP contribution in [0.5, 0.6) is 0 Å². The summed E-state index contributed by atoms with van der Waals surface area (Å²) in [6.45, 7) is 2.20. The van der Waals surface area contributed by atoms with Crippen LogP contribution in [0.3, 0.4) is 0 Å². The average Bonchev–Trinajstić information content (AvgIpc) is 2.41. The smallest absolute Gasteiger partial charge is 0.315 e. The zero-order valence-corrected chi connectivity index (χ0v) is 10.7. The number of piperidine rings is 1. The van der Waals surface area contributed by atoms with E-state index in [9.17, 15) is 9.18 Å². The molecule has 5 heteroatoms. The molecule has 2 fully saturated rings. The van der Waals surface area contributed by atoms with Gasteiger partial charge in [-0.2, -0.15) is 0 Å². The monoisotopic (exact) mass is 263 g/mol. The van der Waals surface area contributed by atoms with E-state index in [1.165, 1.54) is 6.07 Å². The average molecular weight is 263 g/mol. The molecule has 2 amide bonds. The highest BCUT2D eigenvalue weighted by molar-refractivity contribution is 5.76. The first-order chi connectivity index (χ1) is 9.21. The number of nitrogens with one attached hydrogen (secondary N) is 3. The van der Waals surface area contributed by atoms with Crippen LogP contribution in [0.4, 0.5) is 9.18 Å². The Labute approximate surface area is 111 Å². The van der Waals surface area contributed by atoms with Gasteiger partial charge in [-0.1, -0.05) is 18.2 Å². The quantitative estimate of drug-likeness (QED) is 0.716. The van der Waals surface area contributed by atoms with Gasteiger partial charge in [0.15, 0.2) is 0 Å². The topological polar surface area (TPSA) is 53.2 Å². The minimum Gasteiger partial charge on any atom is -0.337 e. The van der Waals surface area contributed by atoms with Crippen LogP contribution in [-0.2, 0) is 0 Å². The van der Waals surface area contributed by atoms with E-state index in [4.69, 9.17) is 0 Å². The molecule has 1 unspecified atom stereocenters. The standard InChI is InChI=1S/C14H18FN3O/c15-12-4-2-1-3-10(12)11-9-17-13(19)18-14(11)5-7-16-8-6-14/h1-4,11,16H,5-9H2,(H2,17,18,19). The normalized spacial score (nSPS) is 25.7. The number of rotatable bonds is 1. The van der Waals surface area contributed by atoms with E-state index in [1.807, 2.05) is 12.1 Å². The van der Waals surface area contributed by atoms with E-state index < -0.39 is 0 Å². The van der Waals surface area contributed by atoms with Crippen molar-refractivity contribution in [2.75, 3.05) is 19.6 Å². The Morgan fingerprint density at radius 1 is 1.21 bits per heavy atom. The van der Waals surface area contributed by atoms with Crippen LogP contribution in [0.15, 0.2) is 24.3 Å². The van der Waals surface area contributed by atoms with Gasteiger partial charge < -0.3 is 16.0 Å². The van der Waals surface area contributed by atoms with Crippen molar-refractivity contribution in [2.45, 2.75) is 24.3 Å². The Kier molecular flexibility index (Phi) is 3.14. The van der Waals surface area contributed by atoms with Gasteiger partial charge in [0.2, 0.25) is 0 Å². The van der Waals surface area contributed by atoms with Crippen molar-refractivity contribution in [3.8, 4) is 0 Å². The predicted octanol–water partition coefficient (Wildman–Crippen LogP) is 1.34. The molecule has 2 saturated heterocycles. The van der Waals surface area contributed by atoms with E-state index in [-0.39, 0.29) is 23.3 Å². The van der Waals surface area contributed by atoms with Crippen molar-refractivity contribution in [3.63, 3.8) is 0 Å². The summed E-state index contributed by atoms with van der Waals surface area (Å²) in [5.41, 5.74) is 0.368. The summed E-state index contributed by atoms with van der Waals surface area (Å²) in [4.78, 5) is 11.7. The van der Waals surface area contributed by atoms with Gasteiger partial charge in [-0.3, -0.25) is 0 Å². The number of amides is 2. The summed E-state index contributed by atoms with van der Waals surface area (Å²) in [6, 6.07) is 6.71. The lowest BCUT2D eigenvalue weighted by Crippen LogP contribution is -2.65. The largest absolute Gasteiger partial charge is 0.337 e. The Balaban J connectivity index is 1.97. The highest BCUT2D eigenvalue weighted by Crippen LogP contribution is 2.37. The molecule has 0 aliphatic carbocycles. The lowest BCUT2D eigenvalue weighted by atomic mass is 9.72. The Morgan fingerprint density at radius 3 is 2.68 bits per heavy atom. The first-order valence-electron chi connectivity index (χ1n) is 6.72. The zero-order valence-electron chi connectivity index (χ0n) is 10.7. The molecule has 2 heterocycles. The summed E-state index contributed by atoms with van der Waals surface area (Å²) >= 11 is 0. The lowest BCUT2D eigenvalue weighted by molar-refractivity contribution is 0.162. The van der Waals surface area contributed by atoms with Gasteiger partial charge in [-0.15, -0.1) is 0 Å². The van der Waals surface area contributed by atoms with Crippen LogP contribution in [0.2, 0.25) is 0 Å². The molecule has 102 valence electrons. The SMILES string of the molecule is O=C1NCC(c2ccccc2F)C2(CCNCC2)N1. The molecule has 0 bridgehead atoms. The van der Waals surface area contributed by atoms with Gasteiger partial charge in [0.1, 0.15) is 5.82 Å². The lowest BCUT2D eigenvalue weighted by Gasteiger charge is -2.47. The Hall–Kier alpha value is -1.62. The van der Waals surface area contributed by atoms with E-state index in [0.717, 1.165) is 25.9 Å². The van der Waals surface area contributed by atoms with Gasteiger partial charge in [0, 0.05) is 12.5 Å². The fourth-order valence-corrected chi connectivity index (χ4v) is 3.26. The summed E-state index contributed by atoms with van der Waals surface area (Å²) in [6.07, 6.45) is 1.67. The third-order valence-electron chi connectivity index (χ3n) is 4.27. The van der Waals surface area contributed by atoms with Crippen LogP contribution < -0.4 is 16.0 Å². The van der Waals surface area contributed by atoms with Crippen molar-refractivity contribution >= 4 is 6.03 Å². The van der Waals surface area contributed by atoms with Gasteiger partial charge >= 0.3 is 6.03 Å². The van der Waals surface area contributed by atoms with E-state index in [0.29, 0.717) is 12.1 Å². The molecular weight excluding hydrogens is 245 g/mol. The van der Waals surface area contributed by atoms with Gasteiger partial charge in [0.25, 0.3) is 0 Å². The number of carbonyl (C=O) groups is 1. The summed E-state index contributed by atoms with van der Waals surface area (Å²) < 4.78 is 14.1. The highest BCUT2D eigenvalue weighted by atomic mass is 19.1. The molecule has 1 aromatic rings. The molecule has 2 aliphatic rings. The second-order valence-electron chi connectivity index (χ2n) is 5.32. The Bertz CT molecular complexity index is 485. The van der Waals surface area contributed by atoms with E-state index in [2.05, 4.69) is 16.0 Å². The summed E-state index contributed by atoms with van der Waals surface area (Å²) in [5.74, 6) is -0.211. The minimum absolute atomic E-state index is 0.0199. The van der Waals surface area contributed by atoms with Crippen LogP contribution in [0, 0.1) is 5.82 Å². The number of carbonyl (C=O) groups excluding carboxylic acids is 1. The van der Waals surface area contributed by atoms with Crippen molar-refractivity contribution in [2.24, 2.45) is 0 Å². The molecule has 1 aromatic carbocycles. The van der Waals surface area contributed by atoms with Crippen molar-refractivity contribution in [1.82, 2.24) is 16.0 Å². The van der Waals surface area contributed by atoms with Gasteiger partial charge in [0.05, 0.1) is 5.54 Å². The highest BCUT2D eigenvalue weighted by Gasteiger charge is 2.45. The van der Waals surface area contributed by atoms with Crippen LogP contribution in [0.25, 0.3) is 0 Å². The third-order valence-corrected chi connectivity index (χ3v) is 4.27. The first kappa shape index (κ1) is 12.4. The van der Waals surface area contributed by atoms with Crippen LogP contribution >= 0.6 is 0 Å². The molecule has 1 spiro atoms. The molecule has 0 saturated carbocycles. The molecule has 4 nitrogen and oxygen atoms in total. The minimum atomic E-state index is -0.324. The van der Waals surface area contributed by atoms with Crippen molar-refractivity contribution in [1.29, 1.82) is 0 Å². The first-order valence-corrected chi connectivity index (χ1v) is 6.72. The molecule has 0 aromatic heterocycles. The second-order valence-corrected chi connectivity index (χ2v) is 5.32. The number of halogens is 1. The van der Waals surface area contributed by atoms with Gasteiger partial charge in [-0.05, 0) is 37.6 Å². The number of benzene rings is 1. The molecule has 2 aliphatic heterocycles. The fourth-order valence-electron chi connectivity index (χ4n) is 3.26. The van der Waals surface area contributed by atoms with Crippen molar-refractivity contribution in [3.05, 3.63) is 35.6 Å². The molecular formula is C14H18FN3O. The summed E-state index contributed by atoms with van der Waals surface area (Å²) in [5, 5.41) is 9.14. The van der Waals surface area contributed by atoms with Crippen LogP contribution in [-0.4, -0.2) is 31.2 Å². The second kappa shape index (κ2) is 4.81. The fraction of sp³-hybridized carbons (Fsp3) is 0.500. The molecule has 0 radical (unpaired) electrons. The van der Waals surface area contributed by atoms with Crippen molar-refractivity contribution < 1.29 is 9.18 Å². The maximum absolute atomic E-state index is 14.1. The molecule has 1 atom stereocenters. The predicted molar refractivity (Wildman–Crippen MR) is 70.5 cm³/mol. The van der Waals surface area contributed by atoms with Crippen LogP contribution in [0.1, 0.15) is 24.3 Å². The maximum Gasteiger partial charge on any atom is 0.315 e. The van der Waals surface area contributed by atoms with E-state index in [1.54, 1.807) is 6.07 Å². The Morgan fingerprint density at radius 2 is 1.95 bits per heavy atom. The number of urea groups is 1. The third kappa shape index (κ3) is 2.18. The molecule has 3 rings (SSSR count). The van der Waals surface area contributed by atoms with E-state index >= 15 is 0 Å². The zero-order chi connectivity index (χ0) is 13.3. The number of hydrogen-bond acceptors (Lipinski definition) is 2. The summed E-state index contributed by atoms with van der Waals surface area (Å²) in [7, 11) is 0. The molecule has 3 N–H and O–H groups in total.